The largest absolute Gasteiger partial charge is 0.252 e. The number of rotatable bonds is 12. The number of hydrogen-bond donors (Lipinski definition) is 0. The third-order valence-corrected chi connectivity index (χ3v) is 12.4. The molecule has 0 saturated heterocycles. The van der Waals surface area contributed by atoms with Crippen LogP contribution in [0.25, 0.3) is 0 Å². The van der Waals surface area contributed by atoms with Crippen LogP contribution in [0, 0.1) is 0 Å². The van der Waals surface area contributed by atoms with Crippen molar-refractivity contribution in [3.63, 3.8) is 0 Å². The first-order valence-corrected chi connectivity index (χ1v) is 16.5. The zero-order valence-corrected chi connectivity index (χ0v) is 22.3. The quantitative estimate of drug-likeness (QED) is 0.241. The fourth-order valence-electron chi connectivity index (χ4n) is 3.15. The van der Waals surface area contributed by atoms with Gasteiger partial charge in [-0.1, -0.05) is 24.3 Å². The molecule has 0 bridgehead atoms. The molecule has 0 spiro atoms. The van der Waals surface area contributed by atoms with E-state index in [-0.39, 0.29) is 36.1 Å². The molecule has 0 N–H and O–H groups in total. The number of thiophene rings is 4. The molecule has 0 aliphatic carbocycles. The number of hydrogen-bond acceptors (Lipinski definition) is 8. The van der Waals surface area contributed by atoms with E-state index in [0.717, 1.165) is 26.0 Å². The third-order valence-electron chi connectivity index (χ3n) is 4.82. The summed E-state index contributed by atoms with van der Waals surface area (Å²) in [7, 11) is -7.53. The third kappa shape index (κ3) is 6.40. The molecule has 4 aromatic heterocycles. The highest BCUT2D eigenvalue weighted by molar-refractivity contribution is 7.91. The normalized spacial score (nSPS) is 12.7. The van der Waals surface area contributed by atoms with Gasteiger partial charge in [0.15, 0.2) is 0 Å². The van der Waals surface area contributed by atoms with Crippen LogP contribution in [0.15, 0.2) is 74.3 Å². The lowest BCUT2D eigenvalue weighted by Gasteiger charge is -2.25. The van der Waals surface area contributed by atoms with Crippen molar-refractivity contribution in [3.8, 4) is 0 Å². The van der Waals surface area contributed by atoms with E-state index in [0.29, 0.717) is 0 Å². The molecule has 0 radical (unpaired) electrons. The Hall–Kier alpha value is -1.38. The van der Waals surface area contributed by atoms with E-state index in [1.165, 1.54) is 42.6 Å². The lowest BCUT2D eigenvalue weighted by atomic mass is 10.4. The van der Waals surface area contributed by atoms with Gasteiger partial charge in [-0.3, -0.25) is 0 Å². The second-order valence-electron chi connectivity index (χ2n) is 7.09. The first kappa shape index (κ1) is 24.7. The lowest BCUT2D eigenvalue weighted by molar-refractivity contribution is 0.393. The maximum atomic E-state index is 13.4. The van der Waals surface area contributed by atoms with E-state index < -0.39 is 20.0 Å². The van der Waals surface area contributed by atoms with Gasteiger partial charge >= 0.3 is 0 Å². The Kier molecular flexibility index (Phi) is 8.18. The molecule has 0 aliphatic heterocycles. The van der Waals surface area contributed by atoms with Gasteiger partial charge in [-0.05, 0) is 45.8 Å². The molecule has 4 aromatic rings. The van der Waals surface area contributed by atoms with E-state index in [4.69, 9.17) is 0 Å². The van der Waals surface area contributed by atoms with E-state index in [1.54, 1.807) is 17.5 Å². The fraction of sp³-hybridized carbons (Fsp3) is 0.238. The Labute approximate surface area is 210 Å². The monoisotopic (exact) mass is 558 g/mol. The highest BCUT2D eigenvalue weighted by Crippen LogP contribution is 2.25. The molecule has 0 unspecified atom stereocenters. The van der Waals surface area contributed by atoms with Crippen LogP contribution in [-0.4, -0.2) is 37.7 Å². The summed E-state index contributed by atoms with van der Waals surface area (Å²) >= 11 is 5.59. The van der Waals surface area contributed by atoms with Crippen LogP contribution in [0.4, 0.5) is 0 Å². The SMILES string of the molecule is O=S(=O)(CCN(Cc1cccs1)S(=O)(=O)c1cccs1)N(Cc1cccs1)Cc1cccs1. The van der Waals surface area contributed by atoms with E-state index >= 15 is 0 Å². The molecule has 0 aliphatic rings. The van der Waals surface area contributed by atoms with E-state index in [2.05, 4.69) is 0 Å². The first-order chi connectivity index (χ1) is 15.8. The van der Waals surface area contributed by atoms with Crippen LogP contribution < -0.4 is 0 Å². The molecule has 176 valence electrons. The summed E-state index contributed by atoms with van der Waals surface area (Å²) in [6.45, 7) is 0.552. The van der Waals surface area contributed by atoms with Crippen LogP contribution in [0.2, 0.25) is 0 Å². The lowest BCUT2D eigenvalue weighted by Crippen LogP contribution is -2.39. The Morgan fingerprint density at radius 3 is 1.48 bits per heavy atom. The smallest absolute Gasteiger partial charge is 0.212 e. The summed E-state index contributed by atoms with van der Waals surface area (Å²) < 4.78 is 56.3. The van der Waals surface area contributed by atoms with Crippen LogP contribution in [0.1, 0.15) is 14.6 Å². The van der Waals surface area contributed by atoms with Gasteiger partial charge in [-0.2, -0.15) is 8.61 Å². The predicted molar refractivity (Wildman–Crippen MR) is 138 cm³/mol. The summed E-state index contributed by atoms with van der Waals surface area (Å²) in [5.41, 5.74) is 0. The van der Waals surface area contributed by atoms with Gasteiger partial charge in [-0.25, -0.2) is 16.8 Å². The average Bonchev–Trinajstić information content (AvgIpc) is 3.58. The van der Waals surface area contributed by atoms with Crippen LogP contribution in [-0.2, 0) is 39.7 Å². The molecule has 0 amide bonds. The van der Waals surface area contributed by atoms with Crippen molar-refractivity contribution in [2.75, 3.05) is 12.3 Å². The van der Waals surface area contributed by atoms with Gasteiger partial charge in [0.1, 0.15) is 4.21 Å². The van der Waals surface area contributed by atoms with E-state index in [9.17, 15) is 16.8 Å². The number of nitrogens with zero attached hydrogens (tertiary/aromatic N) is 2. The molecule has 4 heterocycles. The molecule has 0 atom stereocenters. The van der Waals surface area contributed by atoms with E-state index in [1.807, 2.05) is 52.5 Å². The van der Waals surface area contributed by atoms with Gasteiger partial charge in [0.2, 0.25) is 10.0 Å². The predicted octanol–water partition coefficient (Wildman–Crippen LogP) is 5.16. The Balaban J connectivity index is 1.56. The number of sulfonamides is 2. The molecule has 0 aromatic carbocycles. The van der Waals surface area contributed by atoms with Crippen molar-refractivity contribution in [3.05, 3.63) is 84.7 Å². The molecule has 0 fully saturated rings. The standard InChI is InChI=1S/C21H22N2O4S6/c24-32(25,23(16-19-6-2-11-29-19)17-20-7-3-12-30-20)14-9-22(15-18-5-1-10-28-18)33(26,27)21-8-4-13-31-21/h1-8,10-13H,9,14-17H2. The minimum Gasteiger partial charge on any atom is -0.212 e. The van der Waals surface area contributed by atoms with Crippen LogP contribution in [0.3, 0.4) is 0 Å². The van der Waals surface area contributed by atoms with Crippen molar-refractivity contribution in [2.45, 2.75) is 23.8 Å². The minimum atomic E-state index is -3.80. The summed E-state index contributed by atoms with van der Waals surface area (Å²) in [5.74, 6) is -0.292. The zero-order chi connectivity index (χ0) is 23.3. The van der Waals surface area contributed by atoms with Crippen molar-refractivity contribution < 1.29 is 16.8 Å². The highest BCUT2D eigenvalue weighted by Gasteiger charge is 2.30. The molecule has 12 heteroatoms. The summed E-state index contributed by atoms with van der Waals surface area (Å²) in [5, 5.41) is 7.42. The second kappa shape index (κ2) is 10.9. The van der Waals surface area contributed by atoms with Gasteiger partial charge in [0, 0.05) is 40.8 Å². The topological polar surface area (TPSA) is 74.8 Å². The Morgan fingerprint density at radius 1 is 0.606 bits per heavy atom. The first-order valence-electron chi connectivity index (χ1n) is 9.93. The Bertz CT molecular complexity index is 1280. The molecular formula is C21H22N2O4S6. The van der Waals surface area contributed by atoms with Crippen molar-refractivity contribution >= 4 is 65.4 Å². The maximum absolute atomic E-state index is 13.4. The van der Waals surface area contributed by atoms with Crippen molar-refractivity contribution in [1.29, 1.82) is 0 Å². The summed E-state index contributed by atoms with van der Waals surface area (Å²) in [6.07, 6.45) is 0. The van der Waals surface area contributed by atoms with Gasteiger partial charge in [0.25, 0.3) is 10.0 Å². The van der Waals surface area contributed by atoms with Crippen molar-refractivity contribution in [2.24, 2.45) is 0 Å². The molecule has 6 nitrogen and oxygen atoms in total. The fourth-order valence-corrected chi connectivity index (χ4v) is 9.61. The summed E-state index contributed by atoms with van der Waals surface area (Å²) in [4.78, 5) is 2.75. The molecule has 33 heavy (non-hydrogen) atoms. The average molecular weight is 559 g/mol. The van der Waals surface area contributed by atoms with Gasteiger partial charge in [-0.15, -0.1) is 45.3 Å². The molecular weight excluding hydrogens is 537 g/mol. The Morgan fingerprint density at radius 2 is 1.06 bits per heavy atom. The maximum Gasteiger partial charge on any atom is 0.252 e. The summed E-state index contributed by atoms with van der Waals surface area (Å²) in [6, 6.07) is 14.6. The van der Waals surface area contributed by atoms with Crippen LogP contribution >= 0.6 is 45.3 Å². The second-order valence-corrected chi connectivity index (χ2v) is 15.4. The van der Waals surface area contributed by atoms with Gasteiger partial charge in [0.05, 0.1) is 5.75 Å². The van der Waals surface area contributed by atoms with Gasteiger partial charge < -0.3 is 0 Å². The minimum absolute atomic E-state index is 0.119. The van der Waals surface area contributed by atoms with Crippen molar-refractivity contribution in [1.82, 2.24) is 8.61 Å². The zero-order valence-electron chi connectivity index (χ0n) is 17.4. The van der Waals surface area contributed by atoms with Crippen LogP contribution in [0.5, 0.6) is 0 Å². The molecule has 4 rings (SSSR count). The highest BCUT2D eigenvalue weighted by atomic mass is 32.2. The molecule has 0 saturated carbocycles.